The molecule has 0 aliphatic carbocycles. The summed E-state index contributed by atoms with van der Waals surface area (Å²) >= 11 is 0. The quantitative estimate of drug-likeness (QED) is 0.415. The molecule has 0 atom stereocenters. The number of nitro benzene ring substituents is 1. The number of ether oxygens (including phenoxy) is 2. The minimum Gasteiger partial charge on any atom is -0.493 e. The Morgan fingerprint density at radius 1 is 1.30 bits per heavy atom. The lowest BCUT2D eigenvalue weighted by Crippen LogP contribution is -2.11. The van der Waals surface area contributed by atoms with Gasteiger partial charge in [0.2, 0.25) is 0 Å². The highest BCUT2D eigenvalue weighted by Crippen LogP contribution is 2.34. The first-order valence-electron chi connectivity index (χ1n) is 6.51. The first-order chi connectivity index (χ1) is 9.57. The highest BCUT2D eigenvalue weighted by Gasteiger charge is 2.20. The summed E-state index contributed by atoms with van der Waals surface area (Å²) in [5.74, 6) is 0.991. The van der Waals surface area contributed by atoms with E-state index in [2.05, 4.69) is 13.8 Å². The van der Waals surface area contributed by atoms with E-state index >= 15 is 0 Å². The fraction of sp³-hybridized carbons (Fsp3) is 0.500. The van der Waals surface area contributed by atoms with Gasteiger partial charge in [-0.3, -0.25) is 14.9 Å². The monoisotopic (exact) mass is 281 g/mol. The summed E-state index contributed by atoms with van der Waals surface area (Å²) in [6, 6.07) is 2.57. The zero-order valence-corrected chi connectivity index (χ0v) is 11.9. The molecule has 0 aliphatic heterocycles. The van der Waals surface area contributed by atoms with Crippen LogP contribution in [-0.2, 0) is 0 Å². The van der Waals surface area contributed by atoms with E-state index in [1.54, 1.807) is 0 Å². The van der Waals surface area contributed by atoms with Crippen molar-refractivity contribution in [3.8, 4) is 11.5 Å². The van der Waals surface area contributed by atoms with Gasteiger partial charge < -0.3 is 9.47 Å². The van der Waals surface area contributed by atoms with Gasteiger partial charge in [-0.15, -0.1) is 0 Å². The molecule has 1 aromatic carbocycles. The summed E-state index contributed by atoms with van der Waals surface area (Å²) in [6.07, 6.45) is 2.37. The third-order valence-corrected chi connectivity index (χ3v) is 3.27. The van der Waals surface area contributed by atoms with Gasteiger partial charge in [0.15, 0.2) is 17.8 Å². The van der Waals surface area contributed by atoms with Gasteiger partial charge in [0.25, 0.3) is 5.69 Å². The molecule has 0 saturated carbocycles. The molecule has 0 aromatic heterocycles. The number of hydrogen-bond donors (Lipinski definition) is 0. The third-order valence-electron chi connectivity index (χ3n) is 3.27. The van der Waals surface area contributed by atoms with E-state index in [0.29, 0.717) is 24.6 Å². The van der Waals surface area contributed by atoms with Crippen LogP contribution in [0.3, 0.4) is 0 Å². The third kappa shape index (κ3) is 3.69. The summed E-state index contributed by atoms with van der Waals surface area (Å²) in [4.78, 5) is 21.2. The molecule has 0 fully saturated rings. The van der Waals surface area contributed by atoms with Gasteiger partial charge >= 0.3 is 0 Å². The van der Waals surface area contributed by atoms with E-state index in [1.807, 2.05) is 0 Å². The topological polar surface area (TPSA) is 78.7 Å². The Kier molecular flexibility index (Phi) is 5.96. The molecule has 110 valence electrons. The molecule has 1 rings (SSSR count). The molecule has 0 N–H and O–H groups in total. The van der Waals surface area contributed by atoms with Crippen LogP contribution >= 0.6 is 0 Å². The first-order valence-corrected chi connectivity index (χ1v) is 6.51. The van der Waals surface area contributed by atoms with Gasteiger partial charge in [0, 0.05) is 6.07 Å². The highest BCUT2D eigenvalue weighted by atomic mass is 16.6. The van der Waals surface area contributed by atoms with E-state index < -0.39 is 4.92 Å². The average molecular weight is 281 g/mol. The minimum absolute atomic E-state index is 0.0262. The van der Waals surface area contributed by atoms with Crippen molar-refractivity contribution < 1.29 is 19.2 Å². The van der Waals surface area contributed by atoms with Crippen molar-refractivity contribution in [2.75, 3.05) is 13.7 Å². The smallest absolute Gasteiger partial charge is 0.283 e. The molecule has 0 bridgehead atoms. The van der Waals surface area contributed by atoms with Crippen molar-refractivity contribution in [2.24, 2.45) is 5.92 Å². The minimum atomic E-state index is -0.604. The summed E-state index contributed by atoms with van der Waals surface area (Å²) in [5, 5.41) is 10.9. The zero-order chi connectivity index (χ0) is 15.1. The Balaban J connectivity index is 3.07. The number of rotatable bonds is 8. The predicted molar refractivity (Wildman–Crippen MR) is 74.6 cm³/mol. The van der Waals surface area contributed by atoms with E-state index in [1.165, 1.54) is 19.2 Å². The summed E-state index contributed by atoms with van der Waals surface area (Å²) in [7, 11) is 1.43. The largest absolute Gasteiger partial charge is 0.493 e. The summed E-state index contributed by atoms with van der Waals surface area (Å²) in [6.45, 7) is 4.58. The fourth-order valence-electron chi connectivity index (χ4n) is 1.82. The van der Waals surface area contributed by atoms with E-state index in [9.17, 15) is 14.9 Å². The van der Waals surface area contributed by atoms with Crippen LogP contribution in [0.1, 0.15) is 37.0 Å². The van der Waals surface area contributed by atoms with Crippen molar-refractivity contribution >= 4 is 12.0 Å². The first kappa shape index (κ1) is 15.9. The number of nitro groups is 1. The lowest BCUT2D eigenvalue weighted by atomic mass is 10.1. The maximum atomic E-state index is 10.9. The number of carbonyl (C=O) groups is 1. The Hall–Kier alpha value is -2.11. The lowest BCUT2D eigenvalue weighted by molar-refractivity contribution is -0.385. The molecule has 1 aromatic rings. The van der Waals surface area contributed by atoms with Crippen molar-refractivity contribution in [1.82, 2.24) is 0 Å². The normalized spacial score (nSPS) is 10.4. The Morgan fingerprint density at radius 2 is 1.95 bits per heavy atom. The molecule has 0 saturated heterocycles. The van der Waals surface area contributed by atoms with Gasteiger partial charge in [-0.1, -0.05) is 26.7 Å². The predicted octanol–water partition coefficient (Wildman–Crippen LogP) is 3.23. The SMILES string of the molecule is CCC(CC)COc1cc([N+](=O)[O-])c(C=O)cc1OC. The maximum absolute atomic E-state index is 10.9. The Morgan fingerprint density at radius 3 is 2.40 bits per heavy atom. The molecule has 0 heterocycles. The van der Waals surface area contributed by atoms with E-state index in [4.69, 9.17) is 9.47 Å². The van der Waals surface area contributed by atoms with Crippen LogP contribution in [0.2, 0.25) is 0 Å². The number of aldehydes is 1. The van der Waals surface area contributed by atoms with Crippen LogP contribution in [0.4, 0.5) is 5.69 Å². The molecule has 0 amide bonds. The second-order valence-electron chi connectivity index (χ2n) is 4.43. The fourth-order valence-corrected chi connectivity index (χ4v) is 1.82. The standard InChI is InChI=1S/C14H19NO5/c1-4-10(5-2)9-20-14-7-12(15(17)18)11(8-16)6-13(14)19-3/h6-8,10H,4-5,9H2,1-3H3. The van der Waals surface area contributed by atoms with Crippen LogP contribution in [0, 0.1) is 16.0 Å². The van der Waals surface area contributed by atoms with Crippen LogP contribution in [0.25, 0.3) is 0 Å². The molecule has 6 nitrogen and oxygen atoms in total. The van der Waals surface area contributed by atoms with Gasteiger partial charge in [-0.2, -0.15) is 0 Å². The molecular formula is C14H19NO5. The second kappa shape index (κ2) is 7.47. The molecule has 0 spiro atoms. The second-order valence-corrected chi connectivity index (χ2v) is 4.43. The van der Waals surface area contributed by atoms with Crippen LogP contribution in [0.15, 0.2) is 12.1 Å². The van der Waals surface area contributed by atoms with Gasteiger partial charge in [0.1, 0.15) is 0 Å². The number of nitrogens with zero attached hydrogens (tertiary/aromatic N) is 1. The van der Waals surface area contributed by atoms with Crippen molar-refractivity contribution in [2.45, 2.75) is 26.7 Å². The molecule has 0 unspecified atom stereocenters. The number of carbonyl (C=O) groups excluding carboxylic acids is 1. The van der Waals surface area contributed by atoms with E-state index in [0.717, 1.165) is 12.8 Å². The zero-order valence-electron chi connectivity index (χ0n) is 11.9. The van der Waals surface area contributed by atoms with Crippen molar-refractivity contribution in [3.63, 3.8) is 0 Å². The summed E-state index contributed by atoms with van der Waals surface area (Å²) < 4.78 is 10.7. The summed E-state index contributed by atoms with van der Waals surface area (Å²) in [5.41, 5.74) is -0.304. The Bertz CT molecular complexity index is 483. The number of methoxy groups -OCH3 is 1. The number of hydrogen-bond acceptors (Lipinski definition) is 5. The van der Waals surface area contributed by atoms with Crippen molar-refractivity contribution in [3.05, 3.63) is 27.8 Å². The van der Waals surface area contributed by atoms with Crippen LogP contribution in [-0.4, -0.2) is 24.9 Å². The van der Waals surface area contributed by atoms with E-state index in [-0.39, 0.29) is 17.0 Å². The van der Waals surface area contributed by atoms with Gasteiger partial charge in [-0.05, 0) is 5.92 Å². The average Bonchev–Trinajstić information content (AvgIpc) is 2.47. The van der Waals surface area contributed by atoms with Crippen molar-refractivity contribution in [1.29, 1.82) is 0 Å². The highest BCUT2D eigenvalue weighted by molar-refractivity contribution is 5.83. The number of benzene rings is 1. The lowest BCUT2D eigenvalue weighted by Gasteiger charge is -2.16. The van der Waals surface area contributed by atoms with Gasteiger partial charge in [-0.25, -0.2) is 0 Å². The van der Waals surface area contributed by atoms with Gasteiger partial charge in [0.05, 0.1) is 30.3 Å². The van der Waals surface area contributed by atoms with Crippen LogP contribution < -0.4 is 9.47 Å². The molecule has 20 heavy (non-hydrogen) atoms. The van der Waals surface area contributed by atoms with Crippen LogP contribution in [0.5, 0.6) is 11.5 Å². The molecule has 0 radical (unpaired) electrons. The maximum Gasteiger partial charge on any atom is 0.283 e. The molecule has 0 aliphatic rings. The Labute approximate surface area is 117 Å². The molecular weight excluding hydrogens is 262 g/mol. The molecule has 6 heteroatoms.